The molecule has 74 valence electrons. The summed E-state index contributed by atoms with van der Waals surface area (Å²) < 4.78 is 25.3. The number of carbonyl (C=O) groups excluding carboxylic acids is 1. The van der Waals surface area contributed by atoms with Crippen molar-refractivity contribution in [3.8, 4) is 0 Å². The van der Waals surface area contributed by atoms with Gasteiger partial charge in [-0.15, -0.1) is 0 Å². The molecule has 0 atom stereocenters. The number of rotatable bonds is 2. The van der Waals surface area contributed by atoms with Crippen LogP contribution in [0.15, 0.2) is 12.1 Å². The van der Waals surface area contributed by atoms with Crippen LogP contribution in [0, 0.1) is 17.8 Å². The number of hydrogen-bond donors (Lipinski definition) is 1. The Bertz CT molecular complexity index is 377. The minimum Gasteiger partial charge on any atom is -0.322 e. The second kappa shape index (κ2) is 3.32. The van der Waals surface area contributed by atoms with Crippen molar-refractivity contribution in [1.82, 2.24) is 4.98 Å². The number of nitrogens with zero attached hydrogens (tertiary/aromatic N) is 1. The molecule has 1 aromatic rings. The first-order valence-electron chi connectivity index (χ1n) is 4.30. The lowest BCUT2D eigenvalue weighted by atomic mass is 10.3. The highest BCUT2D eigenvalue weighted by atomic mass is 19.1. The van der Waals surface area contributed by atoms with Crippen LogP contribution < -0.4 is 5.32 Å². The van der Waals surface area contributed by atoms with E-state index >= 15 is 0 Å². The first-order chi connectivity index (χ1) is 6.66. The molecule has 1 heterocycles. The van der Waals surface area contributed by atoms with Gasteiger partial charge in [0.25, 0.3) is 0 Å². The van der Waals surface area contributed by atoms with Gasteiger partial charge >= 0.3 is 0 Å². The van der Waals surface area contributed by atoms with E-state index in [1.54, 1.807) is 0 Å². The van der Waals surface area contributed by atoms with E-state index in [1.807, 2.05) is 0 Å². The van der Waals surface area contributed by atoms with Gasteiger partial charge in [-0.1, -0.05) is 0 Å². The normalized spacial score (nSPS) is 15.3. The Morgan fingerprint density at radius 1 is 1.43 bits per heavy atom. The smallest absolute Gasteiger partial charge is 0.239 e. The highest BCUT2D eigenvalue weighted by Crippen LogP contribution is 2.30. The van der Waals surface area contributed by atoms with Gasteiger partial charge in [0.05, 0.1) is 5.69 Å². The molecular formula is C9H8F2N2O. The number of carbonyl (C=O) groups is 1. The van der Waals surface area contributed by atoms with E-state index in [0.717, 1.165) is 25.0 Å². The summed E-state index contributed by atoms with van der Waals surface area (Å²) in [4.78, 5) is 14.2. The number of pyridine rings is 1. The average molecular weight is 198 g/mol. The summed E-state index contributed by atoms with van der Waals surface area (Å²) >= 11 is 0. The molecule has 1 saturated carbocycles. The lowest BCUT2D eigenvalue weighted by Crippen LogP contribution is -2.15. The van der Waals surface area contributed by atoms with Gasteiger partial charge in [0.2, 0.25) is 17.8 Å². The highest BCUT2D eigenvalue weighted by molar-refractivity contribution is 5.93. The summed E-state index contributed by atoms with van der Waals surface area (Å²) in [6, 6.07) is 2.17. The molecule has 0 saturated heterocycles. The van der Waals surface area contributed by atoms with Gasteiger partial charge in [-0.3, -0.25) is 4.79 Å². The molecule has 14 heavy (non-hydrogen) atoms. The van der Waals surface area contributed by atoms with Gasteiger partial charge in [0.15, 0.2) is 0 Å². The fourth-order valence-corrected chi connectivity index (χ4v) is 1.09. The first kappa shape index (κ1) is 9.05. The molecule has 1 aliphatic carbocycles. The van der Waals surface area contributed by atoms with Crippen LogP contribution >= 0.6 is 0 Å². The summed E-state index contributed by atoms with van der Waals surface area (Å²) in [7, 11) is 0. The second-order valence-electron chi connectivity index (χ2n) is 3.24. The quantitative estimate of drug-likeness (QED) is 0.735. The Kier molecular flexibility index (Phi) is 2.15. The predicted octanol–water partition coefficient (Wildman–Crippen LogP) is 1.71. The third-order valence-electron chi connectivity index (χ3n) is 2.02. The topological polar surface area (TPSA) is 42.0 Å². The Balaban J connectivity index is 2.11. The van der Waals surface area contributed by atoms with Crippen molar-refractivity contribution >= 4 is 11.6 Å². The van der Waals surface area contributed by atoms with Crippen LogP contribution in [-0.4, -0.2) is 10.9 Å². The SMILES string of the molecule is O=C(Nc1ccc(F)nc1F)C1CC1. The Hall–Kier alpha value is -1.52. The molecule has 0 spiro atoms. The maximum absolute atomic E-state index is 12.9. The third-order valence-corrected chi connectivity index (χ3v) is 2.02. The molecule has 5 heteroatoms. The lowest BCUT2D eigenvalue weighted by Gasteiger charge is -2.03. The van der Waals surface area contributed by atoms with Gasteiger partial charge in [-0.2, -0.15) is 13.8 Å². The number of hydrogen-bond acceptors (Lipinski definition) is 2. The lowest BCUT2D eigenvalue weighted by molar-refractivity contribution is -0.117. The van der Waals surface area contributed by atoms with E-state index in [0.29, 0.717) is 0 Å². The molecule has 0 radical (unpaired) electrons. The molecule has 1 N–H and O–H groups in total. The van der Waals surface area contributed by atoms with Crippen LogP contribution in [0.4, 0.5) is 14.5 Å². The standard InChI is InChI=1S/C9H8F2N2O/c10-7-4-3-6(8(11)13-7)12-9(14)5-1-2-5/h3-5H,1-2H2,(H,12,14). The molecule has 1 amide bonds. The monoisotopic (exact) mass is 198 g/mol. The van der Waals surface area contributed by atoms with Crippen molar-refractivity contribution in [3.05, 3.63) is 24.0 Å². The van der Waals surface area contributed by atoms with Crippen LogP contribution in [0.3, 0.4) is 0 Å². The highest BCUT2D eigenvalue weighted by Gasteiger charge is 2.30. The van der Waals surface area contributed by atoms with Crippen molar-refractivity contribution in [2.24, 2.45) is 5.92 Å². The van der Waals surface area contributed by atoms with Crippen LogP contribution in [0.25, 0.3) is 0 Å². The van der Waals surface area contributed by atoms with Gasteiger partial charge in [-0.25, -0.2) is 0 Å². The Labute approximate surface area is 79.1 Å². The fraction of sp³-hybridized carbons (Fsp3) is 0.333. The van der Waals surface area contributed by atoms with Gasteiger partial charge < -0.3 is 5.32 Å². The number of nitrogens with one attached hydrogen (secondary N) is 1. The van der Waals surface area contributed by atoms with E-state index in [2.05, 4.69) is 10.3 Å². The summed E-state index contributed by atoms with van der Waals surface area (Å²) in [5, 5.41) is 2.36. The van der Waals surface area contributed by atoms with Crippen LogP contribution in [0.2, 0.25) is 0 Å². The zero-order valence-electron chi connectivity index (χ0n) is 7.26. The number of halogens is 2. The molecule has 1 aliphatic rings. The minimum absolute atomic E-state index is 0.0144. The first-order valence-corrected chi connectivity index (χ1v) is 4.30. The fourth-order valence-electron chi connectivity index (χ4n) is 1.09. The van der Waals surface area contributed by atoms with Crippen molar-refractivity contribution in [1.29, 1.82) is 0 Å². The van der Waals surface area contributed by atoms with Crippen LogP contribution in [0.5, 0.6) is 0 Å². The van der Waals surface area contributed by atoms with Crippen molar-refractivity contribution in [3.63, 3.8) is 0 Å². The zero-order chi connectivity index (χ0) is 10.1. The Morgan fingerprint density at radius 3 is 2.71 bits per heavy atom. The molecule has 2 rings (SSSR count). The maximum Gasteiger partial charge on any atom is 0.239 e. The molecule has 1 fully saturated rings. The summed E-state index contributed by atoms with van der Waals surface area (Å²) in [6.07, 6.45) is 1.67. The van der Waals surface area contributed by atoms with E-state index in [-0.39, 0.29) is 17.5 Å². The van der Waals surface area contributed by atoms with Gasteiger partial charge in [-0.05, 0) is 25.0 Å². The molecule has 0 unspecified atom stereocenters. The maximum atomic E-state index is 12.9. The van der Waals surface area contributed by atoms with E-state index < -0.39 is 11.9 Å². The largest absolute Gasteiger partial charge is 0.322 e. The predicted molar refractivity (Wildman–Crippen MR) is 45.5 cm³/mol. The molecule has 1 aromatic heterocycles. The van der Waals surface area contributed by atoms with Crippen LogP contribution in [0.1, 0.15) is 12.8 Å². The van der Waals surface area contributed by atoms with Crippen molar-refractivity contribution in [2.45, 2.75) is 12.8 Å². The summed E-state index contributed by atoms with van der Waals surface area (Å²) in [5.41, 5.74) is -0.0664. The van der Waals surface area contributed by atoms with Gasteiger partial charge in [0.1, 0.15) is 0 Å². The minimum atomic E-state index is -0.987. The number of anilines is 1. The Morgan fingerprint density at radius 2 is 2.14 bits per heavy atom. The summed E-state index contributed by atoms with van der Waals surface area (Å²) in [6.45, 7) is 0. The summed E-state index contributed by atoms with van der Waals surface area (Å²) in [5.74, 6) is -2.12. The van der Waals surface area contributed by atoms with E-state index in [1.165, 1.54) is 0 Å². The second-order valence-corrected chi connectivity index (χ2v) is 3.24. The van der Waals surface area contributed by atoms with Crippen molar-refractivity contribution in [2.75, 3.05) is 5.32 Å². The molecule has 0 aliphatic heterocycles. The molecule has 3 nitrogen and oxygen atoms in total. The van der Waals surface area contributed by atoms with Gasteiger partial charge in [0, 0.05) is 5.92 Å². The average Bonchev–Trinajstić information content (AvgIpc) is 2.92. The third kappa shape index (κ3) is 1.86. The number of amides is 1. The van der Waals surface area contributed by atoms with E-state index in [4.69, 9.17) is 0 Å². The van der Waals surface area contributed by atoms with Crippen molar-refractivity contribution < 1.29 is 13.6 Å². The molecular weight excluding hydrogens is 190 g/mol. The molecule has 0 aromatic carbocycles. The van der Waals surface area contributed by atoms with Crippen LogP contribution in [-0.2, 0) is 4.79 Å². The zero-order valence-corrected chi connectivity index (χ0v) is 7.26. The number of aromatic nitrogens is 1. The molecule has 0 bridgehead atoms. The van der Waals surface area contributed by atoms with E-state index in [9.17, 15) is 13.6 Å².